The number of aromatic nitrogens is 2. The van der Waals surface area contributed by atoms with Gasteiger partial charge < -0.3 is 10.7 Å². The topological polar surface area (TPSA) is 71.8 Å². The van der Waals surface area contributed by atoms with Gasteiger partial charge in [0.15, 0.2) is 0 Å². The van der Waals surface area contributed by atoms with Gasteiger partial charge in [-0.25, -0.2) is 4.98 Å². The minimum Gasteiger partial charge on any atom is -0.364 e. The first kappa shape index (κ1) is 10.2. The van der Waals surface area contributed by atoms with Crippen molar-refractivity contribution in [2.45, 2.75) is 0 Å². The molecule has 0 atom stereocenters. The number of imidazole rings is 1. The van der Waals surface area contributed by atoms with Gasteiger partial charge in [-0.1, -0.05) is 12.1 Å². The molecule has 0 saturated heterocycles. The second-order valence-electron chi connectivity index (χ2n) is 3.00. The van der Waals surface area contributed by atoms with Gasteiger partial charge in [-0.05, 0) is 34.7 Å². The molecule has 0 bridgehead atoms. The minimum atomic E-state index is -0.499. The lowest BCUT2D eigenvalue weighted by molar-refractivity contribution is 0.0997. The molecule has 0 unspecified atom stereocenters. The molecule has 1 heterocycles. The summed E-state index contributed by atoms with van der Waals surface area (Å²) in [5, 5.41) is 0. The number of H-pyrrole nitrogens is 1. The number of nitrogens with zero attached hydrogens (tertiary/aromatic N) is 1. The molecule has 0 aliphatic heterocycles. The molecule has 15 heavy (non-hydrogen) atoms. The first-order valence-corrected chi connectivity index (χ1v) is 5.35. The lowest BCUT2D eigenvalue weighted by Gasteiger charge is -1.99. The quantitative estimate of drug-likeness (QED) is 0.830. The second kappa shape index (κ2) is 4.01. The van der Waals surface area contributed by atoms with Crippen LogP contribution in [-0.4, -0.2) is 15.9 Å². The molecule has 76 valence electrons. The number of primary amides is 1. The highest BCUT2D eigenvalue weighted by Crippen LogP contribution is 2.21. The molecule has 0 radical (unpaired) electrons. The summed E-state index contributed by atoms with van der Waals surface area (Å²) < 4.78 is 1.09. The zero-order chi connectivity index (χ0) is 10.8. The summed E-state index contributed by atoms with van der Waals surface area (Å²) >= 11 is 2.21. The highest BCUT2D eigenvalue weighted by atomic mass is 127. The van der Waals surface area contributed by atoms with Gasteiger partial charge in [0.05, 0.1) is 6.33 Å². The monoisotopic (exact) mass is 313 g/mol. The predicted molar refractivity (Wildman–Crippen MR) is 65.3 cm³/mol. The van der Waals surface area contributed by atoms with Gasteiger partial charge in [0, 0.05) is 9.13 Å². The molecule has 1 amide bonds. The van der Waals surface area contributed by atoms with Crippen LogP contribution in [0.25, 0.3) is 11.3 Å². The number of nitrogens with one attached hydrogen (secondary N) is 1. The maximum atomic E-state index is 11.1. The van der Waals surface area contributed by atoms with Crippen molar-refractivity contribution in [1.29, 1.82) is 0 Å². The number of carbonyl (C=O) groups is 1. The minimum absolute atomic E-state index is 0.344. The number of benzene rings is 1. The third kappa shape index (κ3) is 2.01. The van der Waals surface area contributed by atoms with E-state index in [4.69, 9.17) is 5.73 Å². The largest absolute Gasteiger partial charge is 0.364 e. The Balaban J connectivity index is 2.54. The Morgan fingerprint density at radius 2 is 2.27 bits per heavy atom. The third-order valence-corrected chi connectivity index (χ3v) is 2.65. The summed E-state index contributed by atoms with van der Waals surface area (Å²) in [7, 11) is 0. The Morgan fingerprint density at radius 3 is 2.93 bits per heavy atom. The van der Waals surface area contributed by atoms with Gasteiger partial charge in [-0.2, -0.15) is 0 Å². The highest BCUT2D eigenvalue weighted by molar-refractivity contribution is 14.1. The highest BCUT2D eigenvalue weighted by Gasteiger charge is 2.12. The van der Waals surface area contributed by atoms with Crippen molar-refractivity contribution in [2.75, 3.05) is 0 Å². The fraction of sp³-hybridized carbons (Fsp3) is 0. The van der Waals surface area contributed by atoms with Gasteiger partial charge in [0.1, 0.15) is 11.4 Å². The summed E-state index contributed by atoms with van der Waals surface area (Å²) in [5.41, 5.74) is 7.05. The second-order valence-corrected chi connectivity index (χ2v) is 4.25. The fourth-order valence-electron chi connectivity index (χ4n) is 1.34. The standard InChI is InChI=1S/C10H8IN3O/c11-7-3-1-2-6(4-7)8-9(10(12)15)14-5-13-8/h1-5H,(H2,12,15)(H,13,14). The van der Waals surface area contributed by atoms with Crippen LogP contribution in [0, 0.1) is 3.57 Å². The van der Waals surface area contributed by atoms with E-state index in [-0.39, 0.29) is 0 Å². The fourth-order valence-corrected chi connectivity index (χ4v) is 1.88. The van der Waals surface area contributed by atoms with Crippen molar-refractivity contribution in [1.82, 2.24) is 9.97 Å². The molecule has 0 aliphatic rings. The van der Waals surface area contributed by atoms with E-state index >= 15 is 0 Å². The summed E-state index contributed by atoms with van der Waals surface area (Å²) in [5.74, 6) is -0.499. The summed E-state index contributed by atoms with van der Waals surface area (Å²) in [6.45, 7) is 0. The van der Waals surface area contributed by atoms with Gasteiger partial charge in [-0.15, -0.1) is 0 Å². The Labute approximate surface area is 100 Å². The van der Waals surface area contributed by atoms with Gasteiger partial charge >= 0.3 is 0 Å². The molecule has 3 N–H and O–H groups in total. The number of hydrogen-bond donors (Lipinski definition) is 2. The normalized spacial score (nSPS) is 10.2. The lowest BCUT2D eigenvalue weighted by atomic mass is 10.1. The van der Waals surface area contributed by atoms with Crippen LogP contribution >= 0.6 is 22.6 Å². The van der Waals surface area contributed by atoms with Gasteiger partial charge in [0.2, 0.25) is 0 Å². The summed E-state index contributed by atoms with van der Waals surface area (Å²) in [6.07, 6.45) is 1.47. The molecule has 4 nitrogen and oxygen atoms in total. The van der Waals surface area contributed by atoms with Crippen molar-refractivity contribution in [3.63, 3.8) is 0 Å². The number of aromatic amines is 1. The molecule has 5 heteroatoms. The van der Waals surface area contributed by atoms with Gasteiger partial charge in [-0.3, -0.25) is 4.79 Å². The SMILES string of the molecule is NC(=O)c1[nH]cnc1-c1cccc(I)c1. The smallest absolute Gasteiger partial charge is 0.267 e. The average Bonchev–Trinajstić information content (AvgIpc) is 2.65. The first-order chi connectivity index (χ1) is 7.18. The molecule has 0 spiro atoms. The van der Waals surface area contributed by atoms with Crippen molar-refractivity contribution in [2.24, 2.45) is 5.73 Å². The van der Waals surface area contributed by atoms with Crippen molar-refractivity contribution in [3.05, 3.63) is 39.9 Å². The van der Waals surface area contributed by atoms with Gasteiger partial charge in [0.25, 0.3) is 5.91 Å². The average molecular weight is 313 g/mol. The Hall–Kier alpha value is -1.37. The van der Waals surface area contributed by atoms with Crippen LogP contribution in [0.3, 0.4) is 0 Å². The molecule has 0 saturated carbocycles. The van der Waals surface area contributed by atoms with Crippen LogP contribution in [0.15, 0.2) is 30.6 Å². The number of halogens is 1. The summed E-state index contributed by atoms with van der Waals surface area (Å²) in [6, 6.07) is 7.73. The molecule has 1 aromatic heterocycles. The van der Waals surface area contributed by atoms with Crippen LogP contribution in [0.2, 0.25) is 0 Å². The third-order valence-electron chi connectivity index (χ3n) is 1.98. The number of rotatable bonds is 2. The molecule has 0 fully saturated rings. The predicted octanol–water partition coefficient (Wildman–Crippen LogP) is 1.78. The molecule has 0 aliphatic carbocycles. The Morgan fingerprint density at radius 1 is 1.47 bits per heavy atom. The first-order valence-electron chi connectivity index (χ1n) is 4.27. The van der Waals surface area contributed by atoms with Crippen LogP contribution in [0.1, 0.15) is 10.5 Å². The van der Waals surface area contributed by atoms with Crippen molar-refractivity contribution in [3.8, 4) is 11.3 Å². The van der Waals surface area contributed by atoms with E-state index in [1.165, 1.54) is 6.33 Å². The Bertz CT molecular complexity index is 507. The summed E-state index contributed by atoms with van der Waals surface area (Å²) in [4.78, 5) is 17.9. The number of carbonyl (C=O) groups excluding carboxylic acids is 1. The van der Waals surface area contributed by atoms with E-state index < -0.39 is 5.91 Å². The van der Waals surface area contributed by atoms with E-state index in [1.54, 1.807) is 0 Å². The van der Waals surface area contributed by atoms with E-state index in [9.17, 15) is 4.79 Å². The van der Waals surface area contributed by atoms with Crippen LogP contribution < -0.4 is 5.73 Å². The van der Waals surface area contributed by atoms with E-state index in [0.717, 1.165) is 9.13 Å². The lowest BCUT2D eigenvalue weighted by Crippen LogP contribution is -2.12. The Kier molecular flexibility index (Phi) is 2.72. The van der Waals surface area contributed by atoms with E-state index in [1.807, 2.05) is 24.3 Å². The molecular formula is C10H8IN3O. The molecule has 1 aromatic carbocycles. The molecular weight excluding hydrogens is 305 g/mol. The zero-order valence-corrected chi connectivity index (χ0v) is 9.86. The molecule has 2 rings (SSSR count). The van der Waals surface area contributed by atoms with Crippen molar-refractivity contribution < 1.29 is 4.79 Å². The number of amides is 1. The van der Waals surface area contributed by atoms with E-state index in [2.05, 4.69) is 32.6 Å². The number of hydrogen-bond acceptors (Lipinski definition) is 2. The maximum Gasteiger partial charge on any atom is 0.267 e. The van der Waals surface area contributed by atoms with E-state index in [0.29, 0.717) is 11.4 Å². The van der Waals surface area contributed by atoms with Crippen LogP contribution in [-0.2, 0) is 0 Å². The number of nitrogens with two attached hydrogens (primary N) is 1. The van der Waals surface area contributed by atoms with Crippen LogP contribution in [0.5, 0.6) is 0 Å². The zero-order valence-electron chi connectivity index (χ0n) is 7.70. The maximum absolute atomic E-state index is 11.1. The van der Waals surface area contributed by atoms with Crippen LogP contribution in [0.4, 0.5) is 0 Å². The molecule has 2 aromatic rings. The van der Waals surface area contributed by atoms with Crippen molar-refractivity contribution >= 4 is 28.5 Å².